The van der Waals surface area contributed by atoms with E-state index in [1.54, 1.807) is 0 Å². The van der Waals surface area contributed by atoms with Crippen molar-refractivity contribution in [2.24, 2.45) is 0 Å². The minimum absolute atomic E-state index is 0.843. The topological polar surface area (TPSA) is 9.23 Å². The second-order valence-electron chi connectivity index (χ2n) is 7.02. The summed E-state index contributed by atoms with van der Waals surface area (Å²) in [5, 5.41) is 0. The van der Waals surface area contributed by atoms with Crippen molar-refractivity contribution in [2.45, 2.75) is 13.8 Å². The zero-order valence-corrected chi connectivity index (χ0v) is 19.4. The van der Waals surface area contributed by atoms with Gasteiger partial charge < -0.3 is 4.74 Å². The number of para-hydroxylation sites is 2. The van der Waals surface area contributed by atoms with Gasteiger partial charge >= 0.3 is 0 Å². The molecule has 4 aromatic rings. The molecule has 0 saturated heterocycles. The normalized spacial score (nSPS) is 10.8. The van der Waals surface area contributed by atoms with Gasteiger partial charge in [0.15, 0.2) is 0 Å². The molecule has 1 nitrogen and oxygen atoms in total. The predicted octanol–water partition coefficient (Wildman–Crippen LogP) is 8.95. The molecule has 0 saturated carbocycles. The Kier molecular flexibility index (Phi) is 5.89. The third kappa shape index (κ3) is 4.31. The molecule has 0 heterocycles. The van der Waals surface area contributed by atoms with Gasteiger partial charge in [-0.15, -0.1) is 0 Å². The lowest BCUT2D eigenvalue weighted by Crippen LogP contribution is -1.92. The molecule has 144 valence electrons. The van der Waals surface area contributed by atoms with E-state index < -0.39 is 0 Å². The predicted molar refractivity (Wildman–Crippen MR) is 129 cm³/mol. The van der Waals surface area contributed by atoms with E-state index in [0.717, 1.165) is 42.7 Å². The second-order valence-corrected chi connectivity index (χ2v) is 8.73. The van der Waals surface area contributed by atoms with Crippen LogP contribution in [0.2, 0.25) is 0 Å². The number of ether oxygens (including phenoxy) is 1. The highest BCUT2D eigenvalue weighted by molar-refractivity contribution is 9.10. The van der Waals surface area contributed by atoms with Crippen LogP contribution in [0.25, 0.3) is 22.3 Å². The van der Waals surface area contributed by atoms with Gasteiger partial charge in [-0.3, -0.25) is 0 Å². The van der Waals surface area contributed by atoms with Crippen LogP contribution in [0.1, 0.15) is 11.1 Å². The zero-order chi connectivity index (χ0) is 20.4. The average molecular weight is 508 g/mol. The Bertz CT molecular complexity index is 1090. The highest BCUT2D eigenvalue weighted by Gasteiger charge is 2.12. The Morgan fingerprint density at radius 2 is 0.966 bits per heavy atom. The molecule has 0 atom stereocenters. The van der Waals surface area contributed by atoms with Crippen molar-refractivity contribution in [3.05, 3.63) is 105 Å². The molecule has 0 aliphatic carbocycles. The van der Waals surface area contributed by atoms with E-state index in [9.17, 15) is 0 Å². The van der Waals surface area contributed by atoms with Gasteiger partial charge in [0, 0.05) is 20.1 Å². The van der Waals surface area contributed by atoms with Gasteiger partial charge in [0.05, 0.1) is 0 Å². The third-order valence-corrected chi connectivity index (χ3v) is 6.71. The fourth-order valence-corrected chi connectivity index (χ4v) is 3.82. The summed E-state index contributed by atoms with van der Waals surface area (Å²) in [5.41, 5.74) is 6.82. The Labute approximate surface area is 188 Å². The first-order valence-corrected chi connectivity index (χ1v) is 11.0. The SMILES string of the molecule is Cc1cc(-c2ccccc2Oc2ccccc2-c2ccc(Br)c(C)c2)ccc1Br. The molecule has 4 rings (SSSR count). The Hall–Kier alpha value is -2.36. The Balaban J connectivity index is 1.76. The quantitative estimate of drug-likeness (QED) is 0.268. The molecule has 0 spiro atoms. The maximum Gasteiger partial charge on any atom is 0.135 e. The lowest BCUT2D eigenvalue weighted by Gasteiger charge is -2.15. The standard InChI is InChI=1S/C26H20Br2O/c1-17-15-19(11-13-23(17)27)21-7-3-5-9-25(21)29-26-10-6-4-8-22(26)20-12-14-24(28)18(2)16-20/h3-16H,1-2H3. The van der Waals surface area contributed by atoms with Crippen molar-refractivity contribution in [1.29, 1.82) is 0 Å². The maximum atomic E-state index is 6.47. The Morgan fingerprint density at radius 3 is 1.38 bits per heavy atom. The first-order chi connectivity index (χ1) is 14.0. The van der Waals surface area contributed by atoms with E-state index in [-0.39, 0.29) is 0 Å². The van der Waals surface area contributed by atoms with Gasteiger partial charge in [-0.2, -0.15) is 0 Å². The summed E-state index contributed by atoms with van der Waals surface area (Å²) in [6.07, 6.45) is 0. The molecule has 0 fully saturated rings. The summed E-state index contributed by atoms with van der Waals surface area (Å²) in [6, 6.07) is 29.1. The molecule has 0 unspecified atom stereocenters. The van der Waals surface area contributed by atoms with Gasteiger partial charge in [0.1, 0.15) is 11.5 Å². The molecule has 0 aromatic heterocycles. The number of halogens is 2. The fraction of sp³-hybridized carbons (Fsp3) is 0.0769. The van der Waals surface area contributed by atoms with Crippen LogP contribution in [0.4, 0.5) is 0 Å². The highest BCUT2D eigenvalue weighted by atomic mass is 79.9. The van der Waals surface area contributed by atoms with Gasteiger partial charge in [-0.05, 0) is 60.4 Å². The summed E-state index contributed by atoms with van der Waals surface area (Å²) >= 11 is 7.17. The van der Waals surface area contributed by atoms with Crippen LogP contribution in [0, 0.1) is 13.8 Å². The van der Waals surface area contributed by atoms with Gasteiger partial charge in [0.25, 0.3) is 0 Å². The van der Waals surface area contributed by atoms with E-state index in [0.29, 0.717) is 0 Å². The van der Waals surface area contributed by atoms with Crippen LogP contribution in [0.5, 0.6) is 11.5 Å². The molecule has 0 aliphatic rings. The minimum atomic E-state index is 0.843. The van der Waals surface area contributed by atoms with Crippen LogP contribution < -0.4 is 4.74 Å². The third-order valence-electron chi connectivity index (χ3n) is 4.93. The van der Waals surface area contributed by atoms with Crippen LogP contribution in [0.15, 0.2) is 93.9 Å². The molecule has 4 aromatic carbocycles. The summed E-state index contributed by atoms with van der Waals surface area (Å²) in [6.45, 7) is 4.20. The molecule has 3 heteroatoms. The van der Waals surface area contributed by atoms with Crippen molar-refractivity contribution < 1.29 is 4.74 Å². The lowest BCUT2D eigenvalue weighted by molar-refractivity contribution is 0.486. The number of aryl methyl sites for hydroxylation is 2. The fourth-order valence-electron chi connectivity index (χ4n) is 3.33. The largest absolute Gasteiger partial charge is 0.456 e. The smallest absolute Gasteiger partial charge is 0.135 e. The van der Waals surface area contributed by atoms with Crippen LogP contribution in [-0.4, -0.2) is 0 Å². The molecule has 29 heavy (non-hydrogen) atoms. The van der Waals surface area contributed by atoms with Crippen molar-refractivity contribution in [3.63, 3.8) is 0 Å². The molecule has 0 bridgehead atoms. The second kappa shape index (κ2) is 8.56. The van der Waals surface area contributed by atoms with Crippen molar-refractivity contribution in [3.8, 4) is 33.8 Å². The molecular weight excluding hydrogens is 488 g/mol. The van der Waals surface area contributed by atoms with Crippen molar-refractivity contribution in [1.82, 2.24) is 0 Å². The van der Waals surface area contributed by atoms with E-state index in [2.05, 4.69) is 94.2 Å². The van der Waals surface area contributed by atoms with Crippen molar-refractivity contribution in [2.75, 3.05) is 0 Å². The molecule has 0 radical (unpaired) electrons. The van der Waals surface area contributed by atoms with Crippen LogP contribution in [-0.2, 0) is 0 Å². The first-order valence-electron chi connectivity index (χ1n) is 9.42. The molecule has 0 amide bonds. The molecular formula is C26H20Br2O. The summed E-state index contributed by atoms with van der Waals surface area (Å²) in [5.74, 6) is 1.69. The molecule has 0 aliphatic heterocycles. The molecule has 0 N–H and O–H groups in total. The van der Waals surface area contributed by atoms with E-state index in [4.69, 9.17) is 4.74 Å². The Morgan fingerprint density at radius 1 is 0.552 bits per heavy atom. The number of hydrogen-bond donors (Lipinski definition) is 0. The number of rotatable bonds is 4. The monoisotopic (exact) mass is 506 g/mol. The van der Waals surface area contributed by atoms with E-state index in [1.807, 2.05) is 36.4 Å². The van der Waals surface area contributed by atoms with E-state index >= 15 is 0 Å². The zero-order valence-electron chi connectivity index (χ0n) is 16.2. The number of hydrogen-bond acceptors (Lipinski definition) is 1. The van der Waals surface area contributed by atoms with Crippen LogP contribution in [0.3, 0.4) is 0 Å². The lowest BCUT2D eigenvalue weighted by atomic mass is 10.0. The highest BCUT2D eigenvalue weighted by Crippen LogP contribution is 2.39. The summed E-state index contributed by atoms with van der Waals surface area (Å²) < 4.78 is 8.68. The van der Waals surface area contributed by atoms with Gasteiger partial charge in [-0.1, -0.05) is 92.5 Å². The summed E-state index contributed by atoms with van der Waals surface area (Å²) in [4.78, 5) is 0. The average Bonchev–Trinajstić information content (AvgIpc) is 2.73. The maximum absolute atomic E-state index is 6.47. The number of benzene rings is 4. The van der Waals surface area contributed by atoms with Crippen LogP contribution >= 0.6 is 31.9 Å². The van der Waals surface area contributed by atoms with E-state index in [1.165, 1.54) is 11.1 Å². The first kappa shape index (κ1) is 19.9. The van der Waals surface area contributed by atoms with Gasteiger partial charge in [0.2, 0.25) is 0 Å². The minimum Gasteiger partial charge on any atom is -0.456 e. The summed E-state index contributed by atoms with van der Waals surface area (Å²) in [7, 11) is 0. The van der Waals surface area contributed by atoms with Gasteiger partial charge in [-0.25, -0.2) is 0 Å². The van der Waals surface area contributed by atoms with Crippen molar-refractivity contribution >= 4 is 31.9 Å².